The molecular weight excluding hydrogens is 367 g/mol. The second-order valence-corrected chi connectivity index (χ2v) is 6.65. The fourth-order valence-corrected chi connectivity index (χ4v) is 2.96. The van der Waals surface area contributed by atoms with Gasteiger partial charge in [-0.1, -0.05) is 12.1 Å². The largest absolute Gasteiger partial charge is 0.435 e. The van der Waals surface area contributed by atoms with E-state index in [9.17, 15) is 13.2 Å². The summed E-state index contributed by atoms with van der Waals surface area (Å²) in [4.78, 5) is 2.17. The van der Waals surface area contributed by atoms with Crippen LogP contribution >= 0.6 is 0 Å². The zero-order chi connectivity index (χ0) is 19.9. The van der Waals surface area contributed by atoms with E-state index in [0.717, 1.165) is 48.4 Å². The van der Waals surface area contributed by atoms with Crippen LogP contribution in [0.25, 0.3) is 11.3 Å². The molecule has 0 saturated carbocycles. The van der Waals surface area contributed by atoms with Crippen molar-refractivity contribution in [2.24, 2.45) is 0 Å². The van der Waals surface area contributed by atoms with Gasteiger partial charge in [-0.3, -0.25) is 5.10 Å². The van der Waals surface area contributed by atoms with Crippen molar-refractivity contribution < 1.29 is 17.9 Å². The van der Waals surface area contributed by atoms with Gasteiger partial charge in [-0.05, 0) is 74.5 Å². The Morgan fingerprint density at radius 1 is 1.07 bits per heavy atom. The average Bonchev–Trinajstić information content (AvgIpc) is 3.12. The van der Waals surface area contributed by atoms with Crippen molar-refractivity contribution >= 4 is 0 Å². The van der Waals surface area contributed by atoms with E-state index in [-0.39, 0.29) is 11.6 Å². The number of aromatic nitrogens is 2. The number of hydrogen-bond acceptors (Lipinski definition) is 3. The molecule has 148 valence electrons. The zero-order valence-corrected chi connectivity index (χ0v) is 15.5. The van der Waals surface area contributed by atoms with Crippen molar-refractivity contribution in [2.45, 2.75) is 26.0 Å². The van der Waals surface area contributed by atoms with E-state index in [1.165, 1.54) is 12.1 Å². The molecule has 3 rings (SSSR count). The fraction of sp³-hybridized carbons (Fsp3) is 0.286. The van der Waals surface area contributed by atoms with E-state index in [4.69, 9.17) is 0 Å². The van der Waals surface area contributed by atoms with Gasteiger partial charge in [-0.15, -0.1) is 0 Å². The molecule has 28 heavy (non-hydrogen) atoms. The molecule has 0 saturated heterocycles. The lowest BCUT2D eigenvalue weighted by molar-refractivity contribution is -0.0498. The van der Waals surface area contributed by atoms with Crippen LogP contribution in [0, 0.1) is 5.82 Å². The smallest absolute Gasteiger partial charge is 0.387 e. The number of hydrogen-bond donors (Lipinski definition) is 1. The highest BCUT2D eigenvalue weighted by Gasteiger charge is 2.07. The molecule has 0 unspecified atom stereocenters. The molecule has 0 aliphatic rings. The van der Waals surface area contributed by atoms with E-state index in [0.29, 0.717) is 0 Å². The number of nitrogens with zero attached hydrogens (tertiary/aromatic N) is 2. The van der Waals surface area contributed by atoms with E-state index in [1.54, 1.807) is 36.4 Å². The van der Waals surface area contributed by atoms with Crippen LogP contribution in [-0.2, 0) is 13.0 Å². The quantitative estimate of drug-likeness (QED) is 0.567. The number of aromatic amines is 1. The topological polar surface area (TPSA) is 41.2 Å². The van der Waals surface area contributed by atoms with E-state index in [2.05, 4.69) is 19.8 Å². The van der Waals surface area contributed by atoms with Gasteiger partial charge < -0.3 is 9.64 Å². The van der Waals surface area contributed by atoms with Crippen LogP contribution in [0.2, 0.25) is 0 Å². The molecular formula is C21H22F3N3O. The normalized spacial score (nSPS) is 11.4. The number of H-pyrrole nitrogens is 1. The Morgan fingerprint density at radius 2 is 1.79 bits per heavy atom. The van der Waals surface area contributed by atoms with Crippen molar-refractivity contribution in [2.75, 3.05) is 13.6 Å². The van der Waals surface area contributed by atoms with Gasteiger partial charge in [0.2, 0.25) is 0 Å². The Morgan fingerprint density at radius 3 is 2.46 bits per heavy atom. The molecule has 1 aromatic heterocycles. The highest BCUT2D eigenvalue weighted by Crippen LogP contribution is 2.19. The number of ether oxygens (including phenoxy) is 1. The molecule has 1 N–H and O–H groups in total. The molecule has 1 heterocycles. The number of aryl methyl sites for hydroxylation is 1. The maximum Gasteiger partial charge on any atom is 0.387 e. The summed E-state index contributed by atoms with van der Waals surface area (Å²) in [5, 5.41) is 7.31. The Balaban J connectivity index is 1.44. The number of rotatable bonds is 9. The summed E-state index contributed by atoms with van der Waals surface area (Å²) in [7, 11) is 2.01. The predicted molar refractivity (Wildman–Crippen MR) is 102 cm³/mol. The highest BCUT2D eigenvalue weighted by molar-refractivity contribution is 5.58. The molecule has 0 aliphatic heterocycles. The molecule has 0 amide bonds. The lowest BCUT2D eigenvalue weighted by Gasteiger charge is -2.16. The van der Waals surface area contributed by atoms with Crippen molar-refractivity contribution in [1.82, 2.24) is 15.1 Å². The third-order valence-corrected chi connectivity index (χ3v) is 4.36. The first kappa shape index (κ1) is 19.9. The van der Waals surface area contributed by atoms with Crippen molar-refractivity contribution in [3.63, 3.8) is 0 Å². The van der Waals surface area contributed by atoms with Crippen LogP contribution in [0.1, 0.15) is 17.7 Å². The van der Waals surface area contributed by atoms with Crippen LogP contribution in [0.15, 0.2) is 54.6 Å². The number of benzene rings is 2. The van der Waals surface area contributed by atoms with Crippen LogP contribution in [-0.4, -0.2) is 35.3 Å². The second-order valence-electron chi connectivity index (χ2n) is 6.65. The Bertz CT molecular complexity index is 863. The summed E-state index contributed by atoms with van der Waals surface area (Å²) in [6, 6.07) is 14.9. The third-order valence-electron chi connectivity index (χ3n) is 4.36. The molecule has 0 aliphatic carbocycles. The van der Waals surface area contributed by atoms with E-state index < -0.39 is 6.61 Å². The number of halogens is 3. The monoisotopic (exact) mass is 389 g/mol. The van der Waals surface area contributed by atoms with Crippen LogP contribution < -0.4 is 4.74 Å². The second kappa shape index (κ2) is 9.41. The third kappa shape index (κ3) is 5.85. The first-order valence-electron chi connectivity index (χ1n) is 9.02. The van der Waals surface area contributed by atoms with Crippen LogP contribution in [0.4, 0.5) is 13.2 Å². The lowest BCUT2D eigenvalue weighted by atomic mass is 10.1. The van der Waals surface area contributed by atoms with Gasteiger partial charge in [0.25, 0.3) is 0 Å². The summed E-state index contributed by atoms with van der Waals surface area (Å²) in [6.07, 6.45) is 1.79. The Labute approximate surface area is 162 Å². The van der Waals surface area contributed by atoms with Crippen molar-refractivity contribution in [3.05, 3.63) is 71.7 Å². The van der Waals surface area contributed by atoms with Gasteiger partial charge in [0.1, 0.15) is 11.6 Å². The lowest BCUT2D eigenvalue weighted by Crippen LogP contribution is -2.19. The summed E-state index contributed by atoms with van der Waals surface area (Å²) < 4.78 is 41.7. The fourth-order valence-electron chi connectivity index (χ4n) is 2.96. The molecule has 4 nitrogen and oxygen atoms in total. The minimum atomic E-state index is -2.81. The molecule has 0 bridgehead atoms. The van der Waals surface area contributed by atoms with Gasteiger partial charge in [0.15, 0.2) is 0 Å². The van der Waals surface area contributed by atoms with Gasteiger partial charge >= 0.3 is 6.61 Å². The molecule has 3 aromatic rings. The van der Waals surface area contributed by atoms with Gasteiger partial charge in [-0.2, -0.15) is 13.9 Å². The van der Waals surface area contributed by atoms with Crippen LogP contribution in [0.3, 0.4) is 0 Å². The first-order valence-corrected chi connectivity index (χ1v) is 9.02. The van der Waals surface area contributed by atoms with Crippen LogP contribution in [0.5, 0.6) is 5.75 Å². The SMILES string of the molecule is CN(CCCc1cc(-c2ccc(F)cc2)n[nH]1)Cc1ccc(OC(F)F)cc1. The van der Waals surface area contributed by atoms with E-state index >= 15 is 0 Å². The molecule has 0 spiro atoms. The molecule has 0 radical (unpaired) electrons. The number of alkyl halides is 2. The molecule has 7 heteroatoms. The van der Waals surface area contributed by atoms with Crippen molar-refractivity contribution in [1.29, 1.82) is 0 Å². The summed E-state index contributed by atoms with van der Waals surface area (Å²) >= 11 is 0. The van der Waals surface area contributed by atoms with Gasteiger partial charge in [0, 0.05) is 17.8 Å². The maximum atomic E-state index is 13.0. The first-order chi connectivity index (χ1) is 13.5. The highest BCUT2D eigenvalue weighted by atomic mass is 19.3. The van der Waals surface area contributed by atoms with Gasteiger partial charge in [-0.25, -0.2) is 4.39 Å². The van der Waals surface area contributed by atoms with Crippen molar-refractivity contribution in [3.8, 4) is 17.0 Å². The average molecular weight is 389 g/mol. The Hall–Kier alpha value is -2.80. The Kier molecular flexibility index (Phi) is 6.71. The standard InChI is InChI=1S/C21H22F3N3O/c1-27(14-15-4-10-19(11-5-15)28-21(23)24)12-2-3-18-13-20(26-25-18)16-6-8-17(22)9-7-16/h4-11,13,21H,2-3,12,14H2,1H3,(H,25,26). The predicted octanol–water partition coefficient (Wildman–Crippen LogP) is 4.88. The maximum absolute atomic E-state index is 13.0. The summed E-state index contributed by atoms with van der Waals surface area (Å²) in [5.41, 5.74) is 3.74. The molecule has 0 atom stereocenters. The molecule has 0 fully saturated rings. The number of nitrogens with one attached hydrogen (secondary N) is 1. The summed E-state index contributed by atoms with van der Waals surface area (Å²) in [5.74, 6) is -0.101. The summed E-state index contributed by atoms with van der Waals surface area (Å²) in [6.45, 7) is -1.21. The minimum Gasteiger partial charge on any atom is -0.435 e. The zero-order valence-electron chi connectivity index (χ0n) is 15.5. The minimum absolute atomic E-state index is 0.164. The van der Waals surface area contributed by atoms with Gasteiger partial charge in [0.05, 0.1) is 5.69 Å². The van der Waals surface area contributed by atoms with E-state index in [1.807, 2.05) is 13.1 Å². The molecule has 2 aromatic carbocycles.